The summed E-state index contributed by atoms with van der Waals surface area (Å²) in [5.41, 5.74) is -0.192. The van der Waals surface area contributed by atoms with Crippen LogP contribution in [0.5, 0.6) is 0 Å². The van der Waals surface area contributed by atoms with Gasteiger partial charge in [0, 0.05) is 40.5 Å². The molecule has 0 heterocycles. The van der Waals surface area contributed by atoms with Crippen LogP contribution in [0.25, 0.3) is 0 Å². The van der Waals surface area contributed by atoms with Crippen molar-refractivity contribution in [2.75, 3.05) is 40.5 Å². The summed E-state index contributed by atoms with van der Waals surface area (Å²) in [4.78, 5) is 4.14. The summed E-state index contributed by atoms with van der Waals surface area (Å²) >= 11 is 0. The minimum atomic E-state index is -0.192. The number of hydrogen-bond donors (Lipinski definition) is 2. The molecule has 0 aromatic rings. The van der Waals surface area contributed by atoms with E-state index in [0.29, 0.717) is 6.54 Å². The average molecular weight is 245 g/mol. The van der Waals surface area contributed by atoms with Gasteiger partial charge in [-0.25, -0.2) is 0 Å². The summed E-state index contributed by atoms with van der Waals surface area (Å²) in [6.45, 7) is 9.19. The Labute approximate surface area is 105 Å². The average Bonchev–Trinajstić information content (AvgIpc) is 2.32. The topological polar surface area (TPSA) is 54.9 Å². The van der Waals surface area contributed by atoms with Crippen LogP contribution in [0.1, 0.15) is 27.2 Å². The lowest BCUT2D eigenvalue weighted by atomic mass is 10.1. The molecule has 0 aliphatic heterocycles. The van der Waals surface area contributed by atoms with Crippen molar-refractivity contribution in [1.82, 2.24) is 10.6 Å². The maximum absolute atomic E-state index is 5.32. The van der Waals surface area contributed by atoms with E-state index in [1.165, 1.54) is 0 Å². The van der Waals surface area contributed by atoms with Crippen molar-refractivity contribution in [1.29, 1.82) is 0 Å². The molecule has 5 heteroatoms. The van der Waals surface area contributed by atoms with Gasteiger partial charge >= 0.3 is 0 Å². The third-order valence-electron chi connectivity index (χ3n) is 2.42. The van der Waals surface area contributed by atoms with Crippen molar-refractivity contribution in [3.63, 3.8) is 0 Å². The van der Waals surface area contributed by atoms with Crippen molar-refractivity contribution in [3.8, 4) is 0 Å². The Kier molecular flexibility index (Phi) is 8.80. The zero-order valence-corrected chi connectivity index (χ0v) is 11.8. The van der Waals surface area contributed by atoms with Crippen LogP contribution in [0.3, 0.4) is 0 Å². The van der Waals surface area contributed by atoms with Crippen LogP contribution < -0.4 is 10.6 Å². The zero-order valence-electron chi connectivity index (χ0n) is 11.8. The summed E-state index contributed by atoms with van der Waals surface area (Å²) in [5, 5.41) is 6.45. The van der Waals surface area contributed by atoms with Gasteiger partial charge in [0.25, 0.3) is 0 Å². The van der Waals surface area contributed by atoms with Gasteiger partial charge in [-0.2, -0.15) is 0 Å². The first-order valence-corrected chi connectivity index (χ1v) is 6.13. The molecule has 0 bridgehead atoms. The Bertz CT molecular complexity index is 218. The number of ether oxygens (including phenoxy) is 2. The minimum absolute atomic E-state index is 0.192. The Balaban J connectivity index is 3.71. The van der Waals surface area contributed by atoms with E-state index in [1.807, 2.05) is 20.8 Å². The molecule has 0 amide bonds. The van der Waals surface area contributed by atoms with Gasteiger partial charge in [0.1, 0.15) is 0 Å². The molecular formula is C12H27N3O2. The highest BCUT2D eigenvalue weighted by molar-refractivity contribution is 5.79. The molecule has 5 nitrogen and oxygen atoms in total. The summed E-state index contributed by atoms with van der Waals surface area (Å²) < 4.78 is 10.6. The lowest BCUT2D eigenvalue weighted by Crippen LogP contribution is -2.45. The van der Waals surface area contributed by atoms with E-state index in [0.717, 1.165) is 32.1 Å². The third-order valence-corrected chi connectivity index (χ3v) is 2.42. The highest BCUT2D eigenvalue weighted by atomic mass is 16.5. The van der Waals surface area contributed by atoms with E-state index >= 15 is 0 Å². The molecular weight excluding hydrogens is 218 g/mol. The van der Waals surface area contributed by atoms with Crippen LogP contribution in [0, 0.1) is 0 Å². The van der Waals surface area contributed by atoms with Gasteiger partial charge in [0.05, 0.1) is 5.60 Å². The molecule has 0 rings (SSSR count). The molecule has 0 aliphatic carbocycles. The second kappa shape index (κ2) is 9.24. The van der Waals surface area contributed by atoms with E-state index in [1.54, 1.807) is 14.2 Å². The van der Waals surface area contributed by atoms with Gasteiger partial charge in [-0.05, 0) is 27.2 Å². The Hall–Kier alpha value is -0.810. The summed E-state index contributed by atoms with van der Waals surface area (Å²) in [7, 11) is 3.47. The van der Waals surface area contributed by atoms with Crippen LogP contribution >= 0.6 is 0 Å². The van der Waals surface area contributed by atoms with E-state index in [9.17, 15) is 0 Å². The van der Waals surface area contributed by atoms with Gasteiger partial charge in [0.2, 0.25) is 0 Å². The highest BCUT2D eigenvalue weighted by Gasteiger charge is 2.16. The molecule has 0 spiro atoms. The van der Waals surface area contributed by atoms with Crippen LogP contribution in [0.2, 0.25) is 0 Å². The smallest absolute Gasteiger partial charge is 0.191 e. The molecule has 0 saturated heterocycles. The molecule has 17 heavy (non-hydrogen) atoms. The SMILES string of the molecule is CCOCCCNC(=NC)NCC(C)(C)OC. The predicted octanol–water partition coefficient (Wildman–Crippen LogP) is 1.00. The Morgan fingerprint density at radius 1 is 1.29 bits per heavy atom. The van der Waals surface area contributed by atoms with E-state index in [4.69, 9.17) is 9.47 Å². The fourth-order valence-electron chi connectivity index (χ4n) is 1.11. The second-order valence-corrected chi connectivity index (χ2v) is 4.37. The fourth-order valence-corrected chi connectivity index (χ4v) is 1.11. The van der Waals surface area contributed by atoms with Crippen LogP contribution in [0.4, 0.5) is 0 Å². The number of guanidine groups is 1. The number of nitrogens with one attached hydrogen (secondary N) is 2. The van der Waals surface area contributed by atoms with Crippen LogP contribution in [-0.4, -0.2) is 52.0 Å². The number of rotatable bonds is 8. The first kappa shape index (κ1) is 16.2. The molecule has 0 aromatic heterocycles. The summed E-state index contributed by atoms with van der Waals surface area (Å²) in [5.74, 6) is 0.798. The van der Waals surface area contributed by atoms with Gasteiger partial charge in [-0.3, -0.25) is 4.99 Å². The van der Waals surface area contributed by atoms with Gasteiger partial charge in [-0.1, -0.05) is 0 Å². The van der Waals surface area contributed by atoms with Crippen LogP contribution in [0.15, 0.2) is 4.99 Å². The summed E-state index contributed by atoms with van der Waals surface area (Å²) in [6, 6.07) is 0. The zero-order chi connectivity index (χ0) is 13.1. The van der Waals surface area contributed by atoms with E-state index in [2.05, 4.69) is 15.6 Å². The lowest BCUT2D eigenvalue weighted by Gasteiger charge is -2.24. The fraction of sp³-hybridized carbons (Fsp3) is 0.917. The Morgan fingerprint density at radius 3 is 2.53 bits per heavy atom. The molecule has 0 radical (unpaired) electrons. The van der Waals surface area contributed by atoms with Crippen molar-refractivity contribution < 1.29 is 9.47 Å². The maximum atomic E-state index is 5.32. The van der Waals surface area contributed by atoms with Gasteiger partial charge in [0.15, 0.2) is 5.96 Å². The van der Waals surface area contributed by atoms with Crippen LogP contribution in [-0.2, 0) is 9.47 Å². The standard InChI is InChI=1S/C12H27N3O2/c1-6-17-9-7-8-14-11(13-4)15-10-12(2,3)16-5/h6-10H2,1-5H3,(H2,13,14,15). The predicted molar refractivity (Wildman–Crippen MR) is 71.6 cm³/mol. The van der Waals surface area contributed by atoms with Crippen molar-refractivity contribution in [2.45, 2.75) is 32.8 Å². The second-order valence-electron chi connectivity index (χ2n) is 4.37. The Morgan fingerprint density at radius 2 is 2.00 bits per heavy atom. The highest BCUT2D eigenvalue weighted by Crippen LogP contribution is 2.04. The van der Waals surface area contributed by atoms with Crippen molar-refractivity contribution in [3.05, 3.63) is 0 Å². The van der Waals surface area contributed by atoms with Gasteiger partial charge < -0.3 is 20.1 Å². The molecule has 2 N–H and O–H groups in total. The summed E-state index contributed by atoms with van der Waals surface area (Å²) in [6.07, 6.45) is 0.974. The van der Waals surface area contributed by atoms with E-state index in [-0.39, 0.29) is 5.60 Å². The number of nitrogens with zero attached hydrogens (tertiary/aromatic N) is 1. The minimum Gasteiger partial charge on any atom is -0.382 e. The molecule has 0 unspecified atom stereocenters. The van der Waals surface area contributed by atoms with Crippen molar-refractivity contribution >= 4 is 5.96 Å². The first-order valence-electron chi connectivity index (χ1n) is 6.13. The molecule has 0 fully saturated rings. The number of hydrogen-bond acceptors (Lipinski definition) is 3. The molecule has 102 valence electrons. The van der Waals surface area contributed by atoms with E-state index < -0.39 is 0 Å². The van der Waals surface area contributed by atoms with Crippen molar-refractivity contribution in [2.24, 2.45) is 4.99 Å². The normalized spacial score (nSPS) is 12.6. The number of methoxy groups -OCH3 is 1. The lowest BCUT2D eigenvalue weighted by molar-refractivity contribution is 0.0268. The number of aliphatic imine (C=N–C) groups is 1. The quantitative estimate of drug-likeness (QED) is 0.380. The molecule has 0 aliphatic rings. The first-order chi connectivity index (χ1) is 8.05. The third kappa shape index (κ3) is 8.94. The molecule has 0 atom stereocenters. The molecule has 0 saturated carbocycles. The molecule has 0 aromatic carbocycles. The largest absolute Gasteiger partial charge is 0.382 e. The maximum Gasteiger partial charge on any atom is 0.191 e. The van der Waals surface area contributed by atoms with Gasteiger partial charge in [-0.15, -0.1) is 0 Å². The monoisotopic (exact) mass is 245 g/mol.